The minimum Gasteiger partial charge on any atom is -0.383 e. The summed E-state index contributed by atoms with van der Waals surface area (Å²) in [6.45, 7) is 2.67. The van der Waals surface area contributed by atoms with Crippen molar-refractivity contribution in [3.8, 4) is 0 Å². The van der Waals surface area contributed by atoms with Gasteiger partial charge in [0.25, 0.3) is 0 Å². The molecular weight excluding hydrogens is 330 g/mol. The van der Waals surface area contributed by atoms with E-state index in [4.69, 9.17) is 11.5 Å². The van der Waals surface area contributed by atoms with Crippen LogP contribution in [0, 0.1) is 6.92 Å². The minimum atomic E-state index is -0.0656. The van der Waals surface area contributed by atoms with Gasteiger partial charge in [0.1, 0.15) is 11.6 Å². The van der Waals surface area contributed by atoms with Crippen LogP contribution < -0.4 is 16.8 Å². The van der Waals surface area contributed by atoms with Gasteiger partial charge in [-0.2, -0.15) is 0 Å². The predicted octanol–water partition coefficient (Wildman–Crippen LogP) is 1.95. The van der Waals surface area contributed by atoms with E-state index in [0.29, 0.717) is 23.3 Å². The Morgan fingerprint density at radius 2 is 1.78 bits per heavy atom. The molecule has 1 aromatic heterocycles. The summed E-state index contributed by atoms with van der Waals surface area (Å²) < 4.78 is 0. The summed E-state index contributed by atoms with van der Waals surface area (Å²) in [6.07, 6.45) is 0. The maximum absolute atomic E-state index is 11.8. The number of aryl methyl sites for hydroxylation is 1. The second kappa shape index (κ2) is 8.64. The number of hydrogen-bond acceptors (Lipinski definition) is 7. The number of benzene rings is 1. The molecule has 0 atom stereocenters. The smallest absolute Gasteiger partial charge is 0.230 e. The number of amides is 1. The monoisotopic (exact) mass is 349 g/mol. The highest BCUT2D eigenvalue weighted by molar-refractivity contribution is 7.99. The molecule has 1 heterocycles. The first-order chi connectivity index (χ1) is 11.0. The fourth-order valence-corrected chi connectivity index (χ4v) is 3.17. The molecule has 122 valence electrons. The van der Waals surface area contributed by atoms with E-state index in [1.807, 2.05) is 0 Å². The van der Waals surface area contributed by atoms with Crippen molar-refractivity contribution in [2.45, 2.75) is 17.0 Å². The molecule has 0 aliphatic rings. The predicted molar refractivity (Wildman–Crippen MR) is 96.5 cm³/mol. The van der Waals surface area contributed by atoms with Gasteiger partial charge in [-0.1, -0.05) is 29.5 Å². The number of hydrogen-bond donors (Lipinski definition) is 3. The van der Waals surface area contributed by atoms with Crippen LogP contribution in [0.2, 0.25) is 0 Å². The summed E-state index contributed by atoms with van der Waals surface area (Å²) in [6, 6.07) is 9.80. The molecule has 0 radical (unpaired) electrons. The van der Waals surface area contributed by atoms with E-state index >= 15 is 0 Å². The number of aromatic nitrogens is 2. The Kier molecular flexibility index (Phi) is 6.54. The number of nitrogens with one attached hydrogen (secondary N) is 1. The van der Waals surface area contributed by atoms with Crippen LogP contribution in [0.4, 0.5) is 11.6 Å². The molecule has 0 unspecified atom stereocenters. The highest BCUT2D eigenvalue weighted by Crippen LogP contribution is 2.18. The van der Waals surface area contributed by atoms with Crippen molar-refractivity contribution in [3.63, 3.8) is 0 Å². The van der Waals surface area contributed by atoms with E-state index in [9.17, 15) is 4.79 Å². The van der Waals surface area contributed by atoms with E-state index in [1.54, 1.807) is 11.8 Å². The zero-order chi connectivity index (χ0) is 16.7. The summed E-state index contributed by atoms with van der Waals surface area (Å²) in [7, 11) is 0. The first-order valence-corrected chi connectivity index (χ1v) is 8.99. The maximum Gasteiger partial charge on any atom is 0.230 e. The van der Waals surface area contributed by atoms with Crippen molar-refractivity contribution in [1.82, 2.24) is 15.3 Å². The number of rotatable bonds is 7. The van der Waals surface area contributed by atoms with E-state index in [1.165, 1.54) is 28.3 Å². The van der Waals surface area contributed by atoms with Gasteiger partial charge in [0, 0.05) is 23.3 Å². The molecule has 0 saturated carbocycles. The quantitative estimate of drug-likeness (QED) is 0.398. The second-order valence-corrected chi connectivity index (χ2v) is 6.91. The van der Waals surface area contributed by atoms with Crippen molar-refractivity contribution >= 4 is 41.1 Å². The molecule has 0 bridgehead atoms. The summed E-state index contributed by atoms with van der Waals surface area (Å²) in [5, 5.41) is 3.27. The Bertz CT molecular complexity index is 643. The lowest BCUT2D eigenvalue weighted by molar-refractivity contribution is -0.118. The first-order valence-electron chi connectivity index (χ1n) is 7.02. The number of carbonyl (C=O) groups is 1. The molecule has 23 heavy (non-hydrogen) atoms. The number of thioether (sulfide) groups is 2. The zero-order valence-electron chi connectivity index (χ0n) is 12.8. The van der Waals surface area contributed by atoms with Crippen LogP contribution >= 0.6 is 23.5 Å². The van der Waals surface area contributed by atoms with Gasteiger partial charge in [-0.25, -0.2) is 9.97 Å². The van der Waals surface area contributed by atoms with Crippen molar-refractivity contribution in [2.24, 2.45) is 0 Å². The number of anilines is 2. The summed E-state index contributed by atoms with van der Waals surface area (Å²) >= 11 is 2.92. The summed E-state index contributed by atoms with van der Waals surface area (Å²) in [4.78, 5) is 21.0. The highest BCUT2D eigenvalue weighted by Gasteiger charge is 2.06. The lowest BCUT2D eigenvalue weighted by atomic mass is 10.2. The van der Waals surface area contributed by atoms with Crippen LogP contribution in [0.3, 0.4) is 0 Å². The second-order valence-electron chi connectivity index (χ2n) is 4.80. The third-order valence-electron chi connectivity index (χ3n) is 2.79. The largest absolute Gasteiger partial charge is 0.383 e. The molecule has 1 aromatic carbocycles. The van der Waals surface area contributed by atoms with Gasteiger partial charge in [0.2, 0.25) is 5.91 Å². The average molecular weight is 349 g/mol. The van der Waals surface area contributed by atoms with Gasteiger partial charge < -0.3 is 16.8 Å². The summed E-state index contributed by atoms with van der Waals surface area (Å²) in [5.74, 6) is 1.59. The van der Waals surface area contributed by atoms with Crippen molar-refractivity contribution in [1.29, 1.82) is 0 Å². The standard InChI is InChI=1S/C15H19N5OS2/c1-10-2-4-11(5-3-10)22-7-6-18-14(21)9-23-15-19-12(16)8-13(17)20-15/h2-5,8H,6-7,9H2,1H3,(H,18,21)(H4,16,17,19,20). The average Bonchev–Trinajstić information content (AvgIpc) is 2.50. The van der Waals surface area contributed by atoms with Gasteiger partial charge >= 0.3 is 0 Å². The molecule has 0 saturated heterocycles. The van der Waals surface area contributed by atoms with Crippen LogP contribution in [0.15, 0.2) is 40.4 Å². The normalized spacial score (nSPS) is 10.5. The Morgan fingerprint density at radius 1 is 1.13 bits per heavy atom. The lowest BCUT2D eigenvalue weighted by Gasteiger charge is -2.06. The molecule has 5 N–H and O–H groups in total. The van der Waals surface area contributed by atoms with Crippen LogP contribution in [0.25, 0.3) is 0 Å². The Balaban J connectivity index is 1.66. The maximum atomic E-state index is 11.8. The zero-order valence-corrected chi connectivity index (χ0v) is 14.4. The molecule has 0 spiro atoms. The van der Waals surface area contributed by atoms with Gasteiger partial charge in [-0.3, -0.25) is 4.79 Å². The number of nitrogens with two attached hydrogens (primary N) is 2. The van der Waals surface area contributed by atoms with Gasteiger partial charge in [0.15, 0.2) is 5.16 Å². The summed E-state index contributed by atoms with van der Waals surface area (Å²) in [5.41, 5.74) is 12.4. The first kappa shape index (κ1) is 17.4. The Hall–Kier alpha value is -1.93. The third-order valence-corrected chi connectivity index (χ3v) is 4.65. The van der Waals surface area contributed by atoms with Crippen LogP contribution in [-0.4, -0.2) is 33.9 Å². The fourth-order valence-electron chi connectivity index (χ4n) is 1.70. The van der Waals surface area contributed by atoms with E-state index < -0.39 is 0 Å². The molecule has 0 aliphatic heterocycles. The molecule has 6 nitrogen and oxygen atoms in total. The minimum absolute atomic E-state index is 0.0656. The fraction of sp³-hybridized carbons (Fsp3) is 0.267. The topological polar surface area (TPSA) is 107 Å². The Labute approximate surface area is 143 Å². The van der Waals surface area contributed by atoms with Crippen LogP contribution in [-0.2, 0) is 4.79 Å². The third kappa shape index (κ3) is 6.37. The van der Waals surface area contributed by atoms with E-state index in [2.05, 4.69) is 46.5 Å². The molecule has 0 fully saturated rings. The number of carbonyl (C=O) groups excluding carboxylic acids is 1. The van der Waals surface area contributed by atoms with Crippen molar-refractivity contribution < 1.29 is 4.79 Å². The van der Waals surface area contributed by atoms with Crippen molar-refractivity contribution in [2.75, 3.05) is 29.5 Å². The molecule has 8 heteroatoms. The van der Waals surface area contributed by atoms with Gasteiger partial charge in [-0.15, -0.1) is 11.8 Å². The highest BCUT2D eigenvalue weighted by atomic mass is 32.2. The van der Waals surface area contributed by atoms with Gasteiger partial charge in [-0.05, 0) is 19.1 Å². The molecule has 0 aliphatic carbocycles. The number of nitrogen functional groups attached to an aromatic ring is 2. The Morgan fingerprint density at radius 3 is 2.43 bits per heavy atom. The number of nitrogens with zero attached hydrogens (tertiary/aromatic N) is 2. The van der Waals surface area contributed by atoms with Crippen LogP contribution in [0.5, 0.6) is 0 Å². The van der Waals surface area contributed by atoms with E-state index in [-0.39, 0.29) is 11.7 Å². The molecule has 2 rings (SSSR count). The van der Waals surface area contributed by atoms with E-state index in [0.717, 1.165) is 5.75 Å². The lowest BCUT2D eigenvalue weighted by Crippen LogP contribution is -2.27. The molecular formula is C15H19N5OS2. The van der Waals surface area contributed by atoms with Crippen molar-refractivity contribution in [3.05, 3.63) is 35.9 Å². The van der Waals surface area contributed by atoms with Crippen LogP contribution in [0.1, 0.15) is 5.56 Å². The SMILES string of the molecule is Cc1ccc(SCCNC(=O)CSc2nc(N)cc(N)n2)cc1. The molecule has 2 aromatic rings. The molecule has 1 amide bonds. The van der Waals surface area contributed by atoms with Gasteiger partial charge in [0.05, 0.1) is 5.75 Å².